The molecule has 1 fully saturated rings. The van der Waals surface area contributed by atoms with E-state index in [2.05, 4.69) is 23.9 Å². The molecule has 1 saturated heterocycles. The van der Waals surface area contributed by atoms with E-state index in [1.807, 2.05) is 31.2 Å². The molecule has 7 heteroatoms. The van der Waals surface area contributed by atoms with Crippen molar-refractivity contribution in [1.82, 2.24) is 19.7 Å². The second-order valence-electron chi connectivity index (χ2n) is 7.43. The molecule has 2 heterocycles. The minimum Gasteiger partial charge on any atom is -0.481 e. The minimum absolute atomic E-state index is 0.115. The Morgan fingerprint density at radius 1 is 1.26 bits per heavy atom. The van der Waals surface area contributed by atoms with E-state index in [4.69, 9.17) is 0 Å². The van der Waals surface area contributed by atoms with Crippen molar-refractivity contribution in [2.75, 3.05) is 6.54 Å². The smallest absolute Gasteiger partial charge is 0.308 e. The molecule has 1 N–H and O–H groups in total. The molecular formula is C20H26N4O3. The summed E-state index contributed by atoms with van der Waals surface area (Å²) in [6.07, 6.45) is 1.26. The SMILES string of the molecule is Cc1nc(C(=O)N2CCC[C@H](C(=O)O)[C@@H]2C)nn1-c1ccccc1C(C)C. The van der Waals surface area contributed by atoms with E-state index in [1.165, 1.54) is 0 Å². The van der Waals surface area contributed by atoms with Gasteiger partial charge in [0.05, 0.1) is 11.6 Å². The standard InChI is InChI=1S/C20H26N4O3/c1-12(2)15-8-5-6-10-17(15)24-14(4)21-18(22-24)19(25)23-11-7-9-16(13(23)3)20(26)27/h5-6,8,10,12-13,16H,7,9,11H2,1-4H3,(H,26,27)/t13-,16-/m0/s1. The fourth-order valence-corrected chi connectivity index (χ4v) is 3.77. The van der Waals surface area contributed by atoms with Crippen molar-refractivity contribution in [3.05, 3.63) is 41.5 Å². The van der Waals surface area contributed by atoms with E-state index in [9.17, 15) is 14.7 Å². The van der Waals surface area contributed by atoms with Crippen LogP contribution in [0.15, 0.2) is 24.3 Å². The first-order valence-electron chi connectivity index (χ1n) is 9.38. The monoisotopic (exact) mass is 370 g/mol. The number of carboxylic acids is 1. The summed E-state index contributed by atoms with van der Waals surface area (Å²) in [5.41, 5.74) is 2.04. The number of para-hydroxylation sites is 1. The largest absolute Gasteiger partial charge is 0.481 e. The summed E-state index contributed by atoms with van der Waals surface area (Å²) in [6.45, 7) is 8.35. The van der Waals surface area contributed by atoms with Crippen LogP contribution in [0, 0.1) is 12.8 Å². The molecule has 27 heavy (non-hydrogen) atoms. The minimum atomic E-state index is -0.861. The Labute approximate surface area is 159 Å². The summed E-state index contributed by atoms with van der Waals surface area (Å²) >= 11 is 0. The lowest BCUT2D eigenvalue weighted by atomic mass is 9.90. The number of piperidine rings is 1. The number of aromatic nitrogens is 3. The van der Waals surface area contributed by atoms with Crippen molar-refractivity contribution in [3.8, 4) is 5.69 Å². The summed E-state index contributed by atoms with van der Waals surface area (Å²) < 4.78 is 1.70. The number of rotatable bonds is 4. The number of likely N-dealkylation sites (tertiary alicyclic amines) is 1. The number of carbonyl (C=O) groups is 2. The molecule has 0 radical (unpaired) electrons. The van der Waals surface area contributed by atoms with Gasteiger partial charge < -0.3 is 10.0 Å². The summed E-state index contributed by atoms with van der Waals surface area (Å²) in [6, 6.07) is 7.56. The molecular weight excluding hydrogens is 344 g/mol. The van der Waals surface area contributed by atoms with Gasteiger partial charge in [0.15, 0.2) is 0 Å². The Morgan fingerprint density at radius 3 is 2.63 bits per heavy atom. The first-order chi connectivity index (χ1) is 12.8. The molecule has 1 amide bonds. The molecule has 0 aliphatic carbocycles. The number of aliphatic carboxylic acids is 1. The van der Waals surface area contributed by atoms with Gasteiger partial charge in [-0.25, -0.2) is 9.67 Å². The van der Waals surface area contributed by atoms with Crippen LogP contribution >= 0.6 is 0 Å². The van der Waals surface area contributed by atoms with Gasteiger partial charge in [-0.15, -0.1) is 5.10 Å². The Balaban J connectivity index is 1.93. The maximum atomic E-state index is 13.0. The lowest BCUT2D eigenvalue weighted by Gasteiger charge is -2.36. The molecule has 1 aromatic carbocycles. The molecule has 2 atom stereocenters. The second kappa shape index (κ2) is 7.50. The summed E-state index contributed by atoms with van der Waals surface area (Å²) in [5.74, 6) is -0.664. The van der Waals surface area contributed by atoms with E-state index in [-0.39, 0.29) is 17.8 Å². The van der Waals surface area contributed by atoms with Crippen LogP contribution in [0.25, 0.3) is 5.69 Å². The normalized spacial score (nSPS) is 20.1. The first kappa shape index (κ1) is 19.1. The highest BCUT2D eigenvalue weighted by atomic mass is 16.4. The molecule has 1 aliphatic heterocycles. The van der Waals surface area contributed by atoms with Crippen LogP contribution in [-0.2, 0) is 4.79 Å². The van der Waals surface area contributed by atoms with Crippen molar-refractivity contribution in [2.24, 2.45) is 5.92 Å². The number of benzene rings is 1. The van der Waals surface area contributed by atoms with Gasteiger partial charge in [0.25, 0.3) is 5.91 Å². The third-order valence-corrected chi connectivity index (χ3v) is 5.31. The lowest BCUT2D eigenvalue weighted by Crippen LogP contribution is -2.49. The van der Waals surface area contributed by atoms with Crippen LogP contribution in [0.4, 0.5) is 0 Å². The van der Waals surface area contributed by atoms with Crippen LogP contribution in [0.1, 0.15) is 61.5 Å². The number of nitrogens with zero attached hydrogens (tertiary/aromatic N) is 4. The fraction of sp³-hybridized carbons (Fsp3) is 0.500. The zero-order valence-electron chi connectivity index (χ0n) is 16.2. The molecule has 144 valence electrons. The molecule has 0 unspecified atom stereocenters. The topological polar surface area (TPSA) is 88.3 Å². The molecule has 1 aliphatic rings. The highest BCUT2D eigenvalue weighted by Gasteiger charge is 2.37. The highest BCUT2D eigenvalue weighted by Crippen LogP contribution is 2.26. The number of hydrogen-bond acceptors (Lipinski definition) is 4. The van der Waals surface area contributed by atoms with Crippen molar-refractivity contribution in [1.29, 1.82) is 0 Å². The van der Waals surface area contributed by atoms with Gasteiger partial charge in [0.1, 0.15) is 5.82 Å². The van der Waals surface area contributed by atoms with Crippen LogP contribution in [0.2, 0.25) is 0 Å². The average Bonchev–Trinajstić information content (AvgIpc) is 3.02. The van der Waals surface area contributed by atoms with Gasteiger partial charge >= 0.3 is 5.97 Å². The zero-order chi connectivity index (χ0) is 19.7. The Bertz CT molecular complexity index is 859. The lowest BCUT2D eigenvalue weighted by molar-refractivity contribution is -0.145. The van der Waals surface area contributed by atoms with Gasteiger partial charge in [-0.05, 0) is 44.2 Å². The number of carbonyl (C=O) groups excluding carboxylic acids is 1. The van der Waals surface area contributed by atoms with Gasteiger partial charge in [-0.1, -0.05) is 32.0 Å². The van der Waals surface area contributed by atoms with E-state index in [0.717, 1.165) is 11.3 Å². The van der Waals surface area contributed by atoms with Gasteiger partial charge in [-0.3, -0.25) is 9.59 Å². The number of aryl methyl sites for hydroxylation is 1. The van der Waals surface area contributed by atoms with Gasteiger partial charge in [0, 0.05) is 12.6 Å². The predicted octanol–water partition coefficient (Wildman–Crippen LogP) is 3.02. The molecule has 0 spiro atoms. The second-order valence-corrected chi connectivity index (χ2v) is 7.43. The van der Waals surface area contributed by atoms with E-state index in [0.29, 0.717) is 31.1 Å². The van der Waals surface area contributed by atoms with Crippen LogP contribution in [0.5, 0.6) is 0 Å². The predicted molar refractivity (Wildman–Crippen MR) is 101 cm³/mol. The zero-order valence-corrected chi connectivity index (χ0v) is 16.2. The van der Waals surface area contributed by atoms with Gasteiger partial charge in [-0.2, -0.15) is 0 Å². The first-order valence-corrected chi connectivity index (χ1v) is 9.38. The molecule has 1 aromatic heterocycles. The third kappa shape index (κ3) is 3.59. The highest BCUT2D eigenvalue weighted by molar-refractivity contribution is 5.91. The van der Waals surface area contributed by atoms with E-state index in [1.54, 1.807) is 16.5 Å². The van der Waals surface area contributed by atoms with E-state index >= 15 is 0 Å². The summed E-state index contributed by atoms with van der Waals surface area (Å²) in [4.78, 5) is 30.4. The molecule has 0 saturated carbocycles. The maximum absolute atomic E-state index is 13.0. The van der Waals surface area contributed by atoms with E-state index < -0.39 is 11.9 Å². The van der Waals surface area contributed by atoms with Crippen molar-refractivity contribution in [3.63, 3.8) is 0 Å². The Kier molecular flexibility index (Phi) is 5.30. The number of carboxylic acid groups (broad SMARTS) is 1. The summed E-state index contributed by atoms with van der Waals surface area (Å²) in [7, 11) is 0. The van der Waals surface area contributed by atoms with Crippen LogP contribution < -0.4 is 0 Å². The molecule has 7 nitrogen and oxygen atoms in total. The molecule has 2 aromatic rings. The van der Waals surface area contributed by atoms with Crippen molar-refractivity contribution < 1.29 is 14.7 Å². The van der Waals surface area contributed by atoms with Crippen LogP contribution in [0.3, 0.4) is 0 Å². The van der Waals surface area contributed by atoms with Crippen LogP contribution in [-0.4, -0.2) is 49.2 Å². The Hall–Kier alpha value is -2.70. The van der Waals surface area contributed by atoms with Gasteiger partial charge in [0.2, 0.25) is 5.82 Å². The third-order valence-electron chi connectivity index (χ3n) is 5.31. The number of amides is 1. The van der Waals surface area contributed by atoms with Crippen molar-refractivity contribution >= 4 is 11.9 Å². The molecule has 3 rings (SSSR count). The van der Waals surface area contributed by atoms with Crippen molar-refractivity contribution in [2.45, 2.75) is 52.5 Å². The summed E-state index contributed by atoms with van der Waals surface area (Å²) in [5, 5.41) is 13.9. The quantitative estimate of drug-likeness (QED) is 0.894. The fourth-order valence-electron chi connectivity index (χ4n) is 3.77. The molecule has 0 bridgehead atoms. The average molecular weight is 370 g/mol. The number of hydrogen-bond donors (Lipinski definition) is 1. The maximum Gasteiger partial charge on any atom is 0.308 e. The Morgan fingerprint density at radius 2 is 1.96 bits per heavy atom.